The van der Waals surface area contributed by atoms with Crippen LogP contribution in [0.4, 0.5) is 5.69 Å². The van der Waals surface area contributed by atoms with Crippen LogP contribution in [0.25, 0.3) is 0 Å². The fourth-order valence-electron chi connectivity index (χ4n) is 1.94. The summed E-state index contributed by atoms with van der Waals surface area (Å²) in [7, 11) is 2.12. The summed E-state index contributed by atoms with van der Waals surface area (Å²) in [6.45, 7) is 3.07. The normalized spacial score (nSPS) is 12.4. The first-order valence-electron chi connectivity index (χ1n) is 6.29. The van der Waals surface area contributed by atoms with Gasteiger partial charge in [0.15, 0.2) is 0 Å². The second-order valence-electron chi connectivity index (χ2n) is 4.54. The Morgan fingerprint density at radius 1 is 1.22 bits per heavy atom. The molecule has 2 nitrogen and oxygen atoms in total. The Balaban J connectivity index is 2.04. The van der Waals surface area contributed by atoms with E-state index in [4.69, 9.17) is 5.73 Å². The van der Waals surface area contributed by atoms with Gasteiger partial charge in [0.2, 0.25) is 0 Å². The monoisotopic (exact) mass is 260 g/mol. The molecule has 0 radical (unpaired) electrons. The molecule has 2 aromatic rings. The van der Waals surface area contributed by atoms with Gasteiger partial charge in [0.05, 0.1) is 6.54 Å². The summed E-state index contributed by atoms with van der Waals surface area (Å²) in [5.41, 5.74) is 8.46. The zero-order valence-electron chi connectivity index (χ0n) is 11.0. The van der Waals surface area contributed by atoms with Crippen LogP contribution < -0.4 is 10.6 Å². The number of nitrogens with two attached hydrogens (primary N) is 1. The number of thiophene rings is 1. The lowest BCUT2D eigenvalue weighted by atomic mass is 10.1. The number of nitrogens with zero attached hydrogens (tertiary/aromatic N) is 1. The average Bonchev–Trinajstić information content (AvgIpc) is 2.91. The Hall–Kier alpha value is -1.32. The first-order chi connectivity index (χ1) is 8.70. The topological polar surface area (TPSA) is 29.3 Å². The molecule has 18 heavy (non-hydrogen) atoms. The highest BCUT2D eigenvalue weighted by molar-refractivity contribution is 7.09. The lowest BCUT2D eigenvalue weighted by Crippen LogP contribution is -2.16. The van der Waals surface area contributed by atoms with Crippen molar-refractivity contribution >= 4 is 17.0 Å². The van der Waals surface area contributed by atoms with E-state index in [9.17, 15) is 0 Å². The Kier molecular flexibility index (Phi) is 4.39. The van der Waals surface area contributed by atoms with E-state index in [2.05, 4.69) is 60.6 Å². The Morgan fingerprint density at radius 3 is 2.50 bits per heavy atom. The van der Waals surface area contributed by atoms with Crippen LogP contribution in [0.5, 0.6) is 0 Å². The number of hydrogen-bond acceptors (Lipinski definition) is 3. The predicted molar refractivity (Wildman–Crippen MR) is 80.1 cm³/mol. The molecule has 0 amide bonds. The molecule has 0 aliphatic heterocycles. The van der Waals surface area contributed by atoms with Crippen molar-refractivity contribution in [3.63, 3.8) is 0 Å². The molecule has 0 saturated heterocycles. The van der Waals surface area contributed by atoms with Gasteiger partial charge in [-0.2, -0.15) is 0 Å². The molecule has 1 unspecified atom stereocenters. The third-order valence-corrected chi connectivity index (χ3v) is 4.04. The zero-order valence-corrected chi connectivity index (χ0v) is 11.8. The van der Waals surface area contributed by atoms with E-state index >= 15 is 0 Å². The SMILES string of the molecule is CCC(N)c1ccc(N(C)Cc2cccs2)cc1. The Labute approximate surface area is 113 Å². The van der Waals surface area contributed by atoms with E-state index in [-0.39, 0.29) is 6.04 Å². The van der Waals surface area contributed by atoms with Crippen molar-refractivity contribution in [1.82, 2.24) is 0 Å². The quantitative estimate of drug-likeness (QED) is 0.886. The van der Waals surface area contributed by atoms with Gasteiger partial charge in [0.1, 0.15) is 0 Å². The largest absolute Gasteiger partial charge is 0.369 e. The summed E-state index contributed by atoms with van der Waals surface area (Å²) in [4.78, 5) is 3.64. The highest BCUT2D eigenvalue weighted by Crippen LogP contribution is 2.21. The molecule has 2 N–H and O–H groups in total. The summed E-state index contributed by atoms with van der Waals surface area (Å²) in [5.74, 6) is 0. The molecule has 1 aromatic heterocycles. The molecular formula is C15H20N2S. The summed E-state index contributed by atoms with van der Waals surface area (Å²) in [5, 5.41) is 2.12. The molecule has 1 heterocycles. The summed E-state index contributed by atoms with van der Waals surface area (Å²) in [6.07, 6.45) is 0.977. The molecule has 2 rings (SSSR count). The molecule has 0 spiro atoms. The summed E-state index contributed by atoms with van der Waals surface area (Å²) in [6, 6.07) is 13.0. The predicted octanol–water partition coefficient (Wildman–Crippen LogP) is 3.79. The molecule has 1 atom stereocenters. The third-order valence-electron chi connectivity index (χ3n) is 3.17. The summed E-state index contributed by atoms with van der Waals surface area (Å²) >= 11 is 1.80. The minimum Gasteiger partial charge on any atom is -0.369 e. The van der Waals surface area contributed by atoms with Gasteiger partial charge in [-0.3, -0.25) is 0 Å². The zero-order chi connectivity index (χ0) is 13.0. The van der Waals surface area contributed by atoms with Gasteiger partial charge in [-0.05, 0) is 35.6 Å². The van der Waals surface area contributed by atoms with Crippen molar-refractivity contribution in [1.29, 1.82) is 0 Å². The van der Waals surface area contributed by atoms with Gasteiger partial charge in [-0.15, -0.1) is 11.3 Å². The highest BCUT2D eigenvalue weighted by atomic mass is 32.1. The van der Waals surface area contributed by atoms with Crippen molar-refractivity contribution in [3.8, 4) is 0 Å². The Morgan fingerprint density at radius 2 is 1.94 bits per heavy atom. The molecular weight excluding hydrogens is 240 g/mol. The Bertz CT molecular complexity index is 462. The van der Waals surface area contributed by atoms with Crippen LogP contribution in [0.1, 0.15) is 29.8 Å². The van der Waals surface area contributed by atoms with Crippen LogP contribution in [0.15, 0.2) is 41.8 Å². The van der Waals surface area contributed by atoms with E-state index in [1.807, 2.05) is 0 Å². The lowest BCUT2D eigenvalue weighted by molar-refractivity contribution is 0.698. The minimum atomic E-state index is 0.154. The summed E-state index contributed by atoms with van der Waals surface area (Å²) < 4.78 is 0. The van der Waals surface area contributed by atoms with Crippen LogP contribution in [-0.2, 0) is 6.54 Å². The molecule has 0 saturated carbocycles. The highest BCUT2D eigenvalue weighted by Gasteiger charge is 2.05. The van der Waals surface area contributed by atoms with Crippen LogP contribution in [0, 0.1) is 0 Å². The van der Waals surface area contributed by atoms with Crippen LogP contribution >= 0.6 is 11.3 Å². The van der Waals surface area contributed by atoms with Crippen molar-refractivity contribution in [3.05, 3.63) is 52.2 Å². The third kappa shape index (κ3) is 3.12. The van der Waals surface area contributed by atoms with Gasteiger partial charge in [0.25, 0.3) is 0 Å². The molecule has 0 bridgehead atoms. The van der Waals surface area contributed by atoms with E-state index < -0.39 is 0 Å². The van der Waals surface area contributed by atoms with E-state index in [1.54, 1.807) is 11.3 Å². The van der Waals surface area contributed by atoms with Gasteiger partial charge >= 0.3 is 0 Å². The standard InChI is InChI=1S/C15H20N2S/c1-3-15(16)12-6-8-13(9-7-12)17(2)11-14-5-4-10-18-14/h4-10,15H,3,11,16H2,1-2H3. The average molecular weight is 260 g/mol. The number of benzene rings is 1. The maximum absolute atomic E-state index is 6.02. The molecule has 3 heteroatoms. The molecule has 0 aliphatic carbocycles. The van der Waals surface area contributed by atoms with Crippen LogP contribution in [0.3, 0.4) is 0 Å². The molecule has 0 fully saturated rings. The smallest absolute Gasteiger partial charge is 0.0519 e. The second kappa shape index (κ2) is 6.03. The fraction of sp³-hybridized carbons (Fsp3) is 0.333. The van der Waals surface area contributed by atoms with E-state index in [0.717, 1.165) is 13.0 Å². The van der Waals surface area contributed by atoms with Gasteiger partial charge in [-0.25, -0.2) is 0 Å². The lowest BCUT2D eigenvalue weighted by Gasteiger charge is -2.19. The first kappa shape index (κ1) is 13.1. The number of anilines is 1. The van der Waals surface area contributed by atoms with Gasteiger partial charge in [0, 0.05) is 23.7 Å². The maximum atomic E-state index is 6.02. The second-order valence-corrected chi connectivity index (χ2v) is 5.57. The number of hydrogen-bond donors (Lipinski definition) is 1. The molecule has 0 aliphatic rings. The molecule has 1 aromatic carbocycles. The van der Waals surface area contributed by atoms with Gasteiger partial charge < -0.3 is 10.6 Å². The number of rotatable bonds is 5. The fourth-order valence-corrected chi connectivity index (χ4v) is 2.70. The van der Waals surface area contributed by atoms with Crippen molar-refractivity contribution < 1.29 is 0 Å². The van der Waals surface area contributed by atoms with Crippen LogP contribution in [-0.4, -0.2) is 7.05 Å². The van der Waals surface area contributed by atoms with Gasteiger partial charge in [-0.1, -0.05) is 25.1 Å². The van der Waals surface area contributed by atoms with Crippen molar-refractivity contribution in [2.75, 3.05) is 11.9 Å². The van der Waals surface area contributed by atoms with Crippen LogP contribution in [0.2, 0.25) is 0 Å². The van der Waals surface area contributed by atoms with Crippen molar-refractivity contribution in [2.45, 2.75) is 25.9 Å². The van der Waals surface area contributed by atoms with E-state index in [1.165, 1.54) is 16.1 Å². The van der Waals surface area contributed by atoms with Crippen molar-refractivity contribution in [2.24, 2.45) is 5.73 Å². The minimum absolute atomic E-state index is 0.154. The molecule has 96 valence electrons. The van der Waals surface area contributed by atoms with E-state index in [0.29, 0.717) is 0 Å². The first-order valence-corrected chi connectivity index (χ1v) is 7.17. The maximum Gasteiger partial charge on any atom is 0.0519 e.